The summed E-state index contributed by atoms with van der Waals surface area (Å²) in [6.07, 6.45) is 6.22. The average molecular weight is 400 g/mol. The molecule has 3 heterocycles. The van der Waals surface area contributed by atoms with Gasteiger partial charge in [0, 0.05) is 45.1 Å². The number of amides is 3. The Morgan fingerprint density at radius 1 is 1.07 bits per heavy atom. The minimum atomic E-state index is -0.707. The van der Waals surface area contributed by atoms with Gasteiger partial charge in [-0.1, -0.05) is 20.8 Å². The Morgan fingerprint density at radius 2 is 1.72 bits per heavy atom. The maximum atomic E-state index is 13.3. The lowest BCUT2D eigenvalue weighted by molar-refractivity contribution is -0.136. The largest absolute Gasteiger partial charge is 0.326 e. The molecule has 3 amide bonds. The quantitative estimate of drug-likeness (QED) is 0.787. The van der Waals surface area contributed by atoms with E-state index in [-0.39, 0.29) is 17.4 Å². The zero-order valence-electron chi connectivity index (χ0n) is 17.9. The van der Waals surface area contributed by atoms with E-state index < -0.39 is 5.54 Å². The lowest BCUT2D eigenvalue weighted by Gasteiger charge is -2.44. The van der Waals surface area contributed by atoms with Crippen LogP contribution < -0.4 is 5.32 Å². The molecule has 0 radical (unpaired) electrons. The third-order valence-electron chi connectivity index (χ3n) is 6.59. The van der Waals surface area contributed by atoms with Gasteiger partial charge in [0.15, 0.2) is 0 Å². The minimum absolute atomic E-state index is 0.0265. The molecule has 1 aromatic rings. The highest BCUT2D eigenvalue weighted by molar-refractivity contribution is 6.07. The Hall–Kier alpha value is -1.99. The normalized spacial score (nSPS) is 30.7. The van der Waals surface area contributed by atoms with Gasteiger partial charge in [0.05, 0.1) is 6.67 Å². The summed E-state index contributed by atoms with van der Waals surface area (Å²) in [5.74, 6) is 0.404. The molecule has 2 atom stereocenters. The van der Waals surface area contributed by atoms with Gasteiger partial charge in [0.1, 0.15) is 5.54 Å². The van der Waals surface area contributed by atoms with Crippen molar-refractivity contribution in [3.63, 3.8) is 0 Å². The van der Waals surface area contributed by atoms with Gasteiger partial charge < -0.3 is 5.32 Å². The summed E-state index contributed by atoms with van der Waals surface area (Å²) >= 11 is 0. The Morgan fingerprint density at radius 3 is 2.38 bits per heavy atom. The molecule has 158 valence electrons. The van der Waals surface area contributed by atoms with E-state index in [2.05, 4.69) is 40.9 Å². The fraction of sp³-hybridized carbons (Fsp3) is 0.682. The highest BCUT2D eigenvalue weighted by atomic mass is 16.2. The summed E-state index contributed by atoms with van der Waals surface area (Å²) in [5.41, 5.74) is 0.620. The fourth-order valence-corrected chi connectivity index (χ4v) is 5.67. The van der Waals surface area contributed by atoms with Crippen LogP contribution in [-0.2, 0) is 11.3 Å². The van der Waals surface area contributed by atoms with Crippen LogP contribution in [0, 0.1) is 11.3 Å². The topological polar surface area (TPSA) is 68.8 Å². The van der Waals surface area contributed by atoms with Crippen molar-refractivity contribution in [1.29, 1.82) is 0 Å². The first-order chi connectivity index (χ1) is 13.8. The van der Waals surface area contributed by atoms with Crippen LogP contribution >= 0.6 is 0 Å². The highest BCUT2D eigenvalue weighted by Gasteiger charge is 2.56. The monoisotopic (exact) mass is 399 g/mol. The van der Waals surface area contributed by atoms with Crippen molar-refractivity contribution < 1.29 is 9.59 Å². The Labute approximate surface area is 173 Å². The van der Waals surface area contributed by atoms with Crippen LogP contribution in [-0.4, -0.2) is 70.0 Å². The number of hydrogen-bond donors (Lipinski definition) is 1. The summed E-state index contributed by atoms with van der Waals surface area (Å²) in [6, 6.07) is 3.87. The third kappa shape index (κ3) is 4.31. The summed E-state index contributed by atoms with van der Waals surface area (Å²) in [4.78, 5) is 36.2. The van der Waals surface area contributed by atoms with Crippen LogP contribution in [0.2, 0.25) is 0 Å². The number of carbonyl (C=O) groups is 2. The predicted molar refractivity (Wildman–Crippen MR) is 111 cm³/mol. The maximum absolute atomic E-state index is 13.3. The molecule has 0 bridgehead atoms. The fourth-order valence-electron chi connectivity index (χ4n) is 5.67. The van der Waals surface area contributed by atoms with Gasteiger partial charge in [-0.2, -0.15) is 0 Å². The Balaban J connectivity index is 1.34. The van der Waals surface area contributed by atoms with Crippen molar-refractivity contribution in [1.82, 2.24) is 25.0 Å². The highest BCUT2D eigenvalue weighted by Crippen LogP contribution is 2.46. The molecule has 0 aromatic carbocycles. The molecule has 0 unspecified atom stereocenters. The van der Waals surface area contributed by atoms with Crippen molar-refractivity contribution in [3.05, 3.63) is 30.1 Å². The molecule has 1 N–H and O–H groups in total. The van der Waals surface area contributed by atoms with Gasteiger partial charge >= 0.3 is 6.03 Å². The van der Waals surface area contributed by atoms with Crippen LogP contribution in [0.25, 0.3) is 0 Å². The first kappa shape index (κ1) is 20.3. The number of imide groups is 1. The predicted octanol–water partition coefficient (Wildman–Crippen LogP) is 2.29. The molecule has 1 spiro atoms. The number of urea groups is 1. The van der Waals surface area contributed by atoms with E-state index in [1.165, 1.54) is 10.5 Å². The van der Waals surface area contributed by atoms with Crippen LogP contribution in [0.15, 0.2) is 24.5 Å². The molecular formula is C22H33N5O2. The van der Waals surface area contributed by atoms with E-state index in [4.69, 9.17) is 0 Å². The maximum Gasteiger partial charge on any atom is 0.326 e. The molecule has 2 aliphatic heterocycles. The van der Waals surface area contributed by atoms with Gasteiger partial charge in [-0.05, 0) is 48.3 Å². The SMILES string of the molecule is C[C@@H]1CC(C)(C)C[C@@]2(C1)NC(=O)N(CN1CCN(Cc3ccncc3)CC1)C2=O. The number of aromatic nitrogens is 1. The molecule has 4 rings (SSSR count). The molecular weight excluding hydrogens is 366 g/mol. The Bertz CT molecular complexity index is 760. The molecule has 7 heteroatoms. The lowest BCUT2D eigenvalue weighted by Crippen LogP contribution is -2.55. The minimum Gasteiger partial charge on any atom is -0.323 e. The molecule has 3 fully saturated rings. The van der Waals surface area contributed by atoms with E-state index in [0.717, 1.165) is 52.0 Å². The van der Waals surface area contributed by atoms with Crippen LogP contribution in [0.5, 0.6) is 0 Å². The summed E-state index contributed by atoms with van der Waals surface area (Å²) in [7, 11) is 0. The van der Waals surface area contributed by atoms with E-state index >= 15 is 0 Å². The first-order valence-corrected chi connectivity index (χ1v) is 10.7. The number of carbonyl (C=O) groups excluding carboxylic acids is 2. The van der Waals surface area contributed by atoms with Gasteiger partial charge in [-0.3, -0.25) is 19.6 Å². The number of hydrogen-bond acceptors (Lipinski definition) is 5. The number of pyridine rings is 1. The second-order valence-electron chi connectivity index (χ2n) is 9.99. The Kier molecular flexibility index (Phi) is 5.38. The van der Waals surface area contributed by atoms with Crippen molar-refractivity contribution in [2.75, 3.05) is 32.8 Å². The third-order valence-corrected chi connectivity index (χ3v) is 6.59. The number of piperazine rings is 1. The van der Waals surface area contributed by atoms with E-state index in [9.17, 15) is 9.59 Å². The second-order valence-corrected chi connectivity index (χ2v) is 9.99. The summed E-state index contributed by atoms with van der Waals surface area (Å²) in [6.45, 7) is 11.5. The van der Waals surface area contributed by atoms with E-state index in [1.807, 2.05) is 24.5 Å². The molecule has 1 saturated carbocycles. The second kappa shape index (κ2) is 7.69. The van der Waals surface area contributed by atoms with Crippen molar-refractivity contribution >= 4 is 11.9 Å². The molecule has 7 nitrogen and oxygen atoms in total. The molecule has 3 aliphatic rings. The van der Waals surface area contributed by atoms with E-state index in [1.54, 1.807) is 0 Å². The summed E-state index contributed by atoms with van der Waals surface area (Å²) < 4.78 is 0. The van der Waals surface area contributed by atoms with Crippen molar-refractivity contribution in [3.8, 4) is 0 Å². The first-order valence-electron chi connectivity index (χ1n) is 10.7. The standard InChI is InChI=1S/C22H33N5O2/c1-17-12-21(2,3)15-22(13-17)19(28)27(20(29)24-22)16-26-10-8-25(9-11-26)14-18-4-6-23-7-5-18/h4-7,17H,8-16H2,1-3H3,(H,24,29)/t17-,22-/m1/s1. The lowest BCUT2D eigenvalue weighted by atomic mass is 9.64. The number of rotatable bonds is 4. The van der Waals surface area contributed by atoms with Gasteiger partial charge in [-0.25, -0.2) is 9.69 Å². The van der Waals surface area contributed by atoms with Crippen LogP contribution in [0.4, 0.5) is 4.79 Å². The van der Waals surface area contributed by atoms with Gasteiger partial charge in [0.25, 0.3) is 5.91 Å². The number of nitrogens with one attached hydrogen (secondary N) is 1. The van der Waals surface area contributed by atoms with Gasteiger partial charge in [-0.15, -0.1) is 0 Å². The zero-order chi connectivity index (χ0) is 20.6. The molecule has 1 aromatic heterocycles. The number of nitrogens with zero attached hydrogens (tertiary/aromatic N) is 4. The molecule has 1 aliphatic carbocycles. The van der Waals surface area contributed by atoms with Crippen molar-refractivity contribution in [2.45, 2.75) is 52.1 Å². The molecule has 2 saturated heterocycles. The van der Waals surface area contributed by atoms with Crippen LogP contribution in [0.3, 0.4) is 0 Å². The zero-order valence-corrected chi connectivity index (χ0v) is 17.9. The van der Waals surface area contributed by atoms with Gasteiger partial charge in [0.2, 0.25) is 0 Å². The van der Waals surface area contributed by atoms with E-state index in [0.29, 0.717) is 12.6 Å². The molecule has 29 heavy (non-hydrogen) atoms. The summed E-state index contributed by atoms with van der Waals surface area (Å²) in [5, 5.41) is 3.08. The smallest absolute Gasteiger partial charge is 0.323 e. The van der Waals surface area contributed by atoms with Crippen molar-refractivity contribution in [2.24, 2.45) is 11.3 Å². The average Bonchev–Trinajstić information content (AvgIpc) is 2.86. The van der Waals surface area contributed by atoms with Crippen LogP contribution in [0.1, 0.15) is 45.6 Å².